The molecular weight excluding hydrogens is 321 g/mol. The summed E-state index contributed by atoms with van der Waals surface area (Å²) in [5.41, 5.74) is -0.108. The summed E-state index contributed by atoms with van der Waals surface area (Å²) in [4.78, 5) is 14.6. The summed E-state index contributed by atoms with van der Waals surface area (Å²) in [5.74, 6) is 1.46. The van der Waals surface area contributed by atoms with Crippen LogP contribution in [0.3, 0.4) is 0 Å². The summed E-state index contributed by atoms with van der Waals surface area (Å²) in [6.07, 6.45) is 5.34. The van der Waals surface area contributed by atoms with Gasteiger partial charge in [-0.25, -0.2) is 4.39 Å². The van der Waals surface area contributed by atoms with E-state index in [1.165, 1.54) is 6.07 Å². The summed E-state index contributed by atoms with van der Waals surface area (Å²) in [5, 5.41) is 8.59. The molecule has 1 aliphatic heterocycles. The first-order valence-electron chi connectivity index (χ1n) is 9.05. The number of benzene rings is 1. The van der Waals surface area contributed by atoms with E-state index in [-0.39, 0.29) is 16.9 Å². The van der Waals surface area contributed by atoms with Crippen molar-refractivity contribution in [3.05, 3.63) is 47.4 Å². The van der Waals surface area contributed by atoms with E-state index in [1.54, 1.807) is 23.1 Å². The fourth-order valence-electron chi connectivity index (χ4n) is 4.53. The second kappa shape index (κ2) is 5.38. The predicted molar refractivity (Wildman–Crippen MR) is 87.6 cm³/mol. The average molecular weight is 341 g/mol. The van der Waals surface area contributed by atoms with Gasteiger partial charge in [-0.05, 0) is 43.7 Å². The number of aromatic nitrogens is 2. The molecule has 2 heterocycles. The largest absolute Gasteiger partial charge is 0.424 e. The van der Waals surface area contributed by atoms with Crippen molar-refractivity contribution in [1.82, 2.24) is 15.1 Å². The SMILES string of the molecule is O=C(c1ccccc1F)N1C[C@@H]2CCC[C@]2(c2nnc(C3CC3)o2)C1. The van der Waals surface area contributed by atoms with Crippen molar-refractivity contribution in [3.8, 4) is 0 Å². The minimum Gasteiger partial charge on any atom is -0.424 e. The zero-order chi connectivity index (χ0) is 17.0. The van der Waals surface area contributed by atoms with Crippen LogP contribution in [0.1, 0.15) is 60.2 Å². The maximum Gasteiger partial charge on any atom is 0.256 e. The van der Waals surface area contributed by atoms with E-state index in [1.807, 2.05) is 0 Å². The van der Waals surface area contributed by atoms with Gasteiger partial charge >= 0.3 is 0 Å². The highest BCUT2D eigenvalue weighted by Gasteiger charge is 2.55. The number of rotatable bonds is 3. The monoisotopic (exact) mass is 341 g/mol. The molecule has 0 radical (unpaired) electrons. The second-order valence-corrected chi connectivity index (χ2v) is 7.63. The van der Waals surface area contributed by atoms with E-state index in [0.29, 0.717) is 30.8 Å². The van der Waals surface area contributed by atoms with Crippen LogP contribution in [0.25, 0.3) is 0 Å². The van der Waals surface area contributed by atoms with Gasteiger partial charge in [0.05, 0.1) is 11.0 Å². The molecule has 0 spiro atoms. The minimum absolute atomic E-state index is 0.141. The Labute approximate surface area is 145 Å². The van der Waals surface area contributed by atoms with Gasteiger partial charge in [0.15, 0.2) is 0 Å². The molecule has 0 bridgehead atoms. The quantitative estimate of drug-likeness (QED) is 0.860. The lowest BCUT2D eigenvalue weighted by molar-refractivity contribution is 0.0771. The molecule has 5 rings (SSSR count). The van der Waals surface area contributed by atoms with Crippen LogP contribution in [0.15, 0.2) is 28.7 Å². The van der Waals surface area contributed by atoms with Crippen LogP contribution in [0, 0.1) is 11.7 Å². The molecule has 2 atom stereocenters. The molecule has 2 saturated carbocycles. The Kier molecular flexibility index (Phi) is 3.24. The molecule has 0 unspecified atom stereocenters. The molecule has 5 nitrogen and oxygen atoms in total. The maximum absolute atomic E-state index is 14.0. The maximum atomic E-state index is 14.0. The van der Waals surface area contributed by atoms with Crippen LogP contribution < -0.4 is 0 Å². The summed E-state index contributed by atoms with van der Waals surface area (Å²) in [7, 11) is 0. The number of hydrogen-bond acceptors (Lipinski definition) is 4. The summed E-state index contributed by atoms with van der Waals surface area (Å²) in [6.45, 7) is 1.17. The smallest absolute Gasteiger partial charge is 0.256 e. The van der Waals surface area contributed by atoms with E-state index < -0.39 is 5.82 Å². The molecule has 0 N–H and O–H groups in total. The average Bonchev–Trinajstić information content (AvgIpc) is 3.05. The predicted octanol–water partition coefficient (Wildman–Crippen LogP) is 3.28. The first-order chi connectivity index (χ1) is 12.2. The second-order valence-electron chi connectivity index (χ2n) is 7.63. The van der Waals surface area contributed by atoms with Crippen molar-refractivity contribution >= 4 is 5.91 Å². The molecule has 2 aliphatic carbocycles. The lowest BCUT2D eigenvalue weighted by atomic mass is 9.80. The number of carbonyl (C=O) groups is 1. The van der Waals surface area contributed by atoms with Crippen LogP contribution in [0.2, 0.25) is 0 Å². The van der Waals surface area contributed by atoms with Gasteiger partial charge in [-0.15, -0.1) is 10.2 Å². The zero-order valence-corrected chi connectivity index (χ0v) is 13.9. The van der Waals surface area contributed by atoms with Gasteiger partial charge in [0, 0.05) is 19.0 Å². The standard InChI is InChI=1S/C19H20FN3O2/c20-15-6-2-1-5-14(15)17(24)23-10-13-4-3-9-19(13,11-23)18-22-21-16(25-18)12-7-8-12/h1-2,5-6,12-13H,3-4,7-11H2/t13-,19-/m0/s1. The summed E-state index contributed by atoms with van der Waals surface area (Å²) < 4.78 is 20.0. The first kappa shape index (κ1) is 15.0. The Morgan fingerprint density at radius 3 is 2.88 bits per heavy atom. The number of likely N-dealkylation sites (tertiary alicyclic amines) is 1. The first-order valence-corrected chi connectivity index (χ1v) is 9.05. The van der Waals surface area contributed by atoms with Crippen LogP contribution >= 0.6 is 0 Å². The molecule has 1 aromatic carbocycles. The van der Waals surface area contributed by atoms with Gasteiger partial charge < -0.3 is 9.32 Å². The Morgan fingerprint density at radius 1 is 1.24 bits per heavy atom. The van der Waals surface area contributed by atoms with E-state index in [9.17, 15) is 9.18 Å². The lowest BCUT2D eigenvalue weighted by Crippen LogP contribution is -2.35. The number of nitrogens with zero attached hydrogens (tertiary/aromatic N) is 3. The van der Waals surface area contributed by atoms with Crippen molar-refractivity contribution in [2.45, 2.75) is 43.4 Å². The molecule has 3 aliphatic rings. The zero-order valence-electron chi connectivity index (χ0n) is 13.9. The fourth-order valence-corrected chi connectivity index (χ4v) is 4.53. The van der Waals surface area contributed by atoms with Crippen molar-refractivity contribution in [3.63, 3.8) is 0 Å². The number of hydrogen-bond donors (Lipinski definition) is 0. The van der Waals surface area contributed by atoms with Gasteiger partial charge in [-0.2, -0.15) is 0 Å². The van der Waals surface area contributed by atoms with Crippen molar-refractivity contribution in [2.24, 2.45) is 5.92 Å². The van der Waals surface area contributed by atoms with Crippen molar-refractivity contribution in [2.75, 3.05) is 13.1 Å². The Bertz CT molecular complexity index is 832. The van der Waals surface area contributed by atoms with Crippen LogP contribution in [-0.4, -0.2) is 34.1 Å². The highest BCUT2D eigenvalue weighted by molar-refractivity contribution is 5.94. The molecular formula is C19H20FN3O2. The lowest BCUT2D eigenvalue weighted by Gasteiger charge is -2.24. The number of halogens is 1. The molecule has 3 fully saturated rings. The van der Waals surface area contributed by atoms with Gasteiger partial charge in [0.1, 0.15) is 5.82 Å². The summed E-state index contributed by atoms with van der Waals surface area (Å²) in [6, 6.07) is 6.18. The van der Waals surface area contributed by atoms with E-state index in [0.717, 1.165) is 38.0 Å². The minimum atomic E-state index is -0.465. The van der Waals surface area contributed by atoms with Crippen LogP contribution in [0.4, 0.5) is 4.39 Å². The Hall–Kier alpha value is -2.24. The fraction of sp³-hybridized carbons (Fsp3) is 0.526. The van der Waals surface area contributed by atoms with Gasteiger partial charge in [0.2, 0.25) is 11.8 Å². The Balaban J connectivity index is 1.44. The van der Waals surface area contributed by atoms with Crippen molar-refractivity contribution in [1.29, 1.82) is 0 Å². The summed E-state index contributed by atoms with van der Waals surface area (Å²) >= 11 is 0. The normalized spacial score (nSPS) is 28.4. The van der Waals surface area contributed by atoms with E-state index in [2.05, 4.69) is 10.2 Å². The molecule has 2 aromatic rings. The van der Waals surface area contributed by atoms with Gasteiger partial charge in [-0.1, -0.05) is 18.6 Å². The molecule has 1 aromatic heterocycles. The molecule has 1 amide bonds. The third-order valence-electron chi connectivity index (χ3n) is 6.06. The highest BCUT2D eigenvalue weighted by Crippen LogP contribution is 2.51. The van der Waals surface area contributed by atoms with Gasteiger partial charge in [0.25, 0.3) is 5.91 Å². The topological polar surface area (TPSA) is 59.2 Å². The van der Waals surface area contributed by atoms with E-state index >= 15 is 0 Å². The van der Waals surface area contributed by atoms with Crippen molar-refractivity contribution < 1.29 is 13.6 Å². The van der Waals surface area contributed by atoms with E-state index in [4.69, 9.17) is 4.42 Å². The molecule has 1 saturated heterocycles. The highest BCUT2D eigenvalue weighted by atomic mass is 19.1. The number of carbonyl (C=O) groups excluding carboxylic acids is 1. The number of fused-ring (bicyclic) bond motifs is 1. The van der Waals surface area contributed by atoms with Crippen LogP contribution in [-0.2, 0) is 5.41 Å². The molecule has 130 valence electrons. The number of amides is 1. The van der Waals surface area contributed by atoms with Crippen LogP contribution in [0.5, 0.6) is 0 Å². The molecule has 6 heteroatoms. The third-order valence-corrected chi connectivity index (χ3v) is 6.06. The third kappa shape index (κ3) is 2.30. The Morgan fingerprint density at radius 2 is 2.08 bits per heavy atom. The molecule has 25 heavy (non-hydrogen) atoms. The van der Waals surface area contributed by atoms with Gasteiger partial charge in [-0.3, -0.25) is 4.79 Å².